The third kappa shape index (κ3) is 3.51. The zero-order chi connectivity index (χ0) is 10.1. The van der Waals surface area contributed by atoms with E-state index >= 15 is 0 Å². The van der Waals surface area contributed by atoms with Crippen LogP contribution in [0.3, 0.4) is 0 Å². The second-order valence-corrected chi connectivity index (χ2v) is 5.08. The van der Waals surface area contributed by atoms with Crippen LogP contribution in [-0.4, -0.2) is 15.4 Å². The van der Waals surface area contributed by atoms with Gasteiger partial charge in [-0.3, -0.25) is 9.59 Å². The SMILES string of the molecule is O=C1C=CC(=O)C(CC(Cl)(Cl)Cl)=C1. The van der Waals surface area contributed by atoms with Crippen LogP contribution in [0.2, 0.25) is 0 Å². The van der Waals surface area contributed by atoms with E-state index in [0.29, 0.717) is 0 Å². The Kier molecular flexibility index (Phi) is 3.17. The van der Waals surface area contributed by atoms with Gasteiger partial charge >= 0.3 is 0 Å². The first-order valence-corrected chi connectivity index (χ1v) is 4.55. The van der Waals surface area contributed by atoms with Crippen LogP contribution in [-0.2, 0) is 9.59 Å². The van der Waals surface area contributed by atoms with E-state index in [-0.39, 0.29) is 23.6 Å². The summed E-state index contributed by atoms with van der Waals surface area (Å²) in [7, 11) is 0. The van der Waals surface area contributed by atoms with Crippen LogP contribution in [0.25, 0.3) is 0 Å². The van der Waals surface area contributed by atoms with Gasteiger partial charge in [0.25, 0.3) is 0 Å². The fourth-order valence-corrected chi connectivity index (χ4v) is 1.34. The van der Waals surface area contributed by atoms with E-state index in [2.05, 4.69) is 0 Å². The Balaban J connectivity index is 2.80. The molecule has 0 bridgehead atoms. The highest BCUT2D eigenvalue weighted by Crippen LogP contribution is 2.34. The molecule has 2 nitrogen and oxygen atoms in total. The summed E-state index contributed by atoms with van der Waals surface area (Å²) in [6.45, 7) is 0. The molecule has 1 aliphatic carbocycles. The van der Waals surface area contributed by atoms with Crippen LogP contribution in [0, 0.1) is 0 Å². The van der Waals surface area contributed by atoms with Crippen molar-refractivity contribution in [2.45, 2.75) is 10.2 Å². The second kappa shape index (κ2) is 3.82. The van der Waals surface area contributed by atoms with Crippen LogP contribution in [0.15, 0.2) is 23.8 Å². The largest absolute Gasteiger partial charge is 0.290 e. The Hall–Kier alpha value is -0.310. The van der Waals surface area contributed by atoms with Gasteiger partial charge in [-0.2, -0.15) is 0 Å². The van der Waals surface area contributed by atoms with Gasteiger partial charge < -0.3 is 0 Å². The number of alkyl halides is 3. The lowest BCUT2D eigenvalue weighted by Gasteiger charge is -2.12. The molecule has 1 rings (SSSR count). The van der Waals surface area contributed by atoms with E-state index in [1.807, 2.05) is 0 Å². The molecule has 0 aromatic heterocycles. The third-order valence-corrected chi connectivity index (χ3v) is 1.82. The summed E-state index contributed by atoms with van der Waals surface area (Å²) in [6, 6.07) is 0. The Morgan fingerprint density at radius 2 is 1.77 bits per heavy atom. The number of carbonyl (C=O) groups excluding carboxylic acids is 2. The second-order valence-electron chi connectivity index (χ2n) is 2.56. The smallest absolute Gasteiger partial charge is 0.194 e. The molecule has 0 aliphatic heterocycles. The molecule has 0 atom stereocenters. The molecule has 0 aromatic rings. The van der Waals surface area contributed by atoms with Crippen LogP contribution in [0.5, 0.6) is 0 Å². The van der Waals surface area contributed by atoms with Gasteiger partial charge in [0.15, 0.2) is 15.4 Å². The molecule has 0 amide bonds. The van der Waals surface area contributed by atoms with Gasteiger partial charge in [-0.05, 0) is 18.2 Å². The molecule has 0 radical (unpaired) electrons. The topological polar surface area (TPSA) is 34.1 Å². The Morgan fingerprint density at radius 3 is 2.31 bits per heavy atom. The first-order chi connectivity index (χ1) is 5.88. The number of halogens is 3. The summed E-state index contributed by atoms with van der Waals surface area (Å²) in [5, 5.41) is 0. The molecule has 0 N–H and O–H groups in total. The molecule has 0 fully saturated rings. The minimum Gasteiger partial charge on any atom is -0.290 e. The summed E-state index contributed by atoms with van der Waals surface area (Å²) in [6.07, 6.45) is 3.50. The molecule has 0 spiro atoms. The van der Waals surface area contributed by atoms with Gasteiger partial charge in [-0.25, -0.2) is 0 Å². The zero-order valence-corrected chi connectivity index (χ0v) is 8.66. The van der Waals surface area contributed by atoms with Crippen molar-refractivity contribution in [2.75, 3.05) is 0 Å². The molecular formula is C8H5Cl3O2. The molecule has 5 heteroatoms. The van der Waals surface area contributed by atoms with E-state index in [4.69, 9.17) is 34.8 Å². The monoisotopic (exact) mass is 238 g/mol. The maximum Gasteiger partial charge on any atom is 0.194 e. The summed E-state index contributed by atoms with van der Waals surface area (Å²) < 4.78 is -1.53. The number of hydrogen-bond donors (Lipinski definition) is 0. The average Bonchev–Trinajstić information content (AvgIpc) is 1.94. The van der Waals surface area contributed by atoms with Crippen LogP contribution >= 0.6 is 34.8 Å². The van der Waals surface area contributed by atoms with Crippen molar-refractivity contribution in [2.24, 2.45) is 0 Å². The standard InChI is InChI=1S/C8H5Cl3O2/c9-8(10,11)4-5-3-6(12)1-2-7(5)13/h1-3H,4H2. The highest BCUT2D eigenvalue weighted by Gasteiger charge is 2.25. The van der Waals surface area contributed by atoms with Crippen molar-refractivity contribution in [3.63, 3.8) is 0 Å². The van der Waals surface area contributed by atoms with Crippen molar-refractivity contribution in [1.82, 2.24) is 0 Å². The number of rotatable bonds is 1. The molecule has 0 saturated heterocycles. The van der Waals surface area contributed by atoms with E-state index in [1.165, 1.54) is 18.2 Å². The van der Waals surface area contributed by atoms with Crippen molar-refractivity contribution >= 4 is 46.4 Å². The highest BCUT2D eigenvalue weighted by molar-refractivity contribution is 6.67. The normalized spacial score (nSPS) is 17.6. The third-order valence-electron chi connectivity index (χ3n) is 1.42. The Labute approximate surface area is 90.1 Å². The van der Waals surface area contributed by atoms with E-state index < -0.39 is 3.79 Å². The van der Waals surface area contributed by atoms with Crippen LogP contribution in [0.1, 0.15) is 6.42 Å². The molecule has 0 heterocycles. The lowest BCUT2D eigenvalue weighted by Crippen LogP contribution is -2.13. The van der Waals surface area contributed by atoms with E-state index in [0.717, 1.165) is 0 Å². The first kappa shape index (κ1) is 10.8. The molecule has 1 aliphatic rings. The van der Waals surface area contributed by atoms with Crippen LogP contribution < -0.4 is 0 Å². The van der Waals surface area contributed by atoms with Crippen molar-refractivity contribution < 1.29 is 9.59 Å². The first-order valence-electron chi connectivity index (χ1n) is 3.42. The minimum absolute atomic E-state index is 0.0490. The van der Waals surface area contributed by atoms with E-state index in [9.17, 15) is 9.59 Å². The predicted molar refractivity (Wildman–Crippen MR) is 52.1 cm³/mol. The van der Waals surface area contributed by atoms with Crippen molar-refractivity contribution in [1.29, 1.82) is 0 Å². The number of hydrogen-bond acceptors (Lipinski definition) is 2. The highest BCUT2D eigenvalue weighted by atomic mass is 35.6. The predicted octanol–water partition coefficient (Wildman–Crippen LogP) is 2.38. The quantitative estimate of drug-likeness (QED) is 0.520. The molecular weight excluding hydrogens is 234 g/mol. The number of carbonyl (C=O) groups is 2. The Bertz CT molecular complexity index is 310. The maximum absolute atomic E-state index is 11.1. The molecule has 0 saturated carbocycles. The van der Waals surface area contributed by atoms with E-state index in [1.54, 1.807) is 0 Å². The van der Waals surface area contributed by atoms with Gasteiger partial charge in [0, 0.05) is 12.0 Å². The molecule has 0 unspecified atom stereocenters. The summed E-state index contributed by atoms with van der Waals surface area (Å²) in [5.41, 5.74) is 0.229. The van der Waals surface area contributed by atoms with Gasteiger partial charge in [-0.1, -0.05) is 34.8 Å². The Morgan fingerprint density at radius 1 is 1.15 bits per heavy atom. The van der Waals surface area contributed by atoms with Gasteiger partial charge in [0.05, 0.1) is 0 Å². The van der Waals surface area contributed by atoms with Gasteiger partial charge in [0.2, 0.25) is 0 Å². The lowest BCUT2D eigenvalue weighted by atomic mass is 10.0. The minimum atomic E-state index is -1.53. The summed E-state index contributed by atoms with van der Waals surface area (Å²) in [5.74, 6) is -0.547. The molecule has 13 heavy (non-hydrogen) atoms. The summed E-state index contributed by atoms with van der Waals surface area (Å²) in [4.78, 5) is 22.0. The lowest BCUT2D eigenvalue weighted by molar-refractivity contribution is -0.114. The van der Waals surface area contributed by atoms with Gasteiger partial charge in [-0.15, -0.1) is 0 Å². The molecule has 0 aromatic carbocycles. The maximum atomic E-state index is 11.1. The van der Waals surface area contributed by atoms with Crippen LogP contribution in [0.4, 0.5) is 0 Å². The number of allylic oxidation sites excluding steroid dienone is 4. The number of ketones is 2. The zero-order valence-electron chi connectivity index (χ0n) is 6.39. The van der Waals surface area contributed by atoms with Gasteiger partial charge in [0.1, 0.15) is 0 Å². The summed E-state index contributed by atoms with van der Waals surface area (Å²) >= 11 is 16.4. The molecule has 70 valence electrons. The average molecular weight is 239 g/mol. The van der Waals surface area contributed by atoms with Crippen molar-refractivity contribution in [3.8, 4) is 0 Å². The fraction of sp³-hybridized carbons (Fsp3) is 0.250. The van der Waals surface area contributed by atoms with Crippen molar-refractivity contribution in [3.05, 3.63) is 23.8 Å². The fourth-order valence-electron chi connectivity index (χ4n) is 0.910.